The molecule has 0 unspecified atom stereocenters. The highest BCUT2D eigenvalue weighted by atomic mass is 16.6. The summed E-state index contributed by atoms with van der Waals surface area (Å²) in [6.45, 7) is 14.8. The van der Waals surface area contributed by atoms with Gasteiger partial charge in [-0.15, -0.1) is 0 Å². The van der Waals surface area contributed by atoms with E-state index in [1.807, 2.05) is 42.6 Å². The molecule has 0 bridgehead atoms. The lowest BCUT2D eigenvalue weighted by molar-refractivity contribution is -0.0485. The number of rotatable bonds is 14. The highest BCUT2D eigenvalue weighted by Crippen LogP contribution is 2.20. The minimum Gasteiger partial charge on any atom is -0.396 e. The summed E-state index contributed by atoms with van der Waals surface area (Å²) in [5, 5.41) is 4.27. The standard InChI is InChI=1S/C28H41NO3/c1-21(2)27(30-19-25-13-9-7-10-14-25)23(5)17-29-32-18-24(6)28(22(3)4)31-20-26-15-11-8-12-16-26/h7-17,21-24,27-28H,18-20H2,1-6H3/b29-17+/t23-,24-,27-,28-/m1/s1. The Bertz CT molecular complexity index is 761. The maximum atomic E-state index is 6.22. The fourth-order valence-corrected chi connectivity index (χ4v) is 3.98. The molecule has 0 fully saturated rings. The normalized spacial score (nSPS) is 15.8. The van der Waals surface area contributed by atoms with Crippen molar-refractivity contribution in [2.24, 2.45) is 28.8 Å². The van der Waals surface area contributed by atoms with Gasteiger partial charge in [-0.05, 0) is 23.0 Å². The van der Waals surface area contributed by atoms with E-state index in [0.717, 1.165) is 0 Å². The average molecular weight is 440 g/mol. The van der Waals surface area contributed by atoms with Gasteiger partial charge in [0, 0.05) is 18.1 Å². The SMILES string of the molecule is CC(C)[C@@H](OCc1ccccc1)[C@H](C)/C=N/OC[C@@H](C)[C@H](OCc1ccccc1)C(C)C. The minimum absolute atomic E-state index is 0.0811. The van der Waals surface area contributed by atoms with Crippen LogP contribution in [0, 0.1) is 23.7 Å². The Morgan fingerprint density at radius 1 is 0.688 bits per heavy atom. The molecule has 32 heavy (non-hydrogen) atoms. The van der Waals surface area contributed by atoms with Crippen molar-refractivity contribution in [2.75, 3.05) is 6.61 Å². The van der Waals surface area contributed by atoms with Gasteiger partial charge in [0.05, 0.1) is 25.4 Å². The van der Waals surface area contributed by atoms with Crippen molar-refractivity contribution in [3.63, 3.8) is 0 Å². The highest BCUT2D eigenvalue weighted by Gasteiger charge is 2.23. The van der Waals surface area contributed by atoms with E-state index < -0.39 is 0 Å². The average Bonchev–Trinajstić information content (AvgIpc) is 2.78. The smallest absolute Gasteiger partial charge is 0.122 e. The second-order valence-corrected chi connectivity index (χ2v) is 9.40. The van der Waals surface area contributed by atoms with Gasteiger partial charge in [-0.2, -0.15) is 0 Å². The summed E-state index contributed by atoms with van der Waals surface area (Å²) in [6, 6.07) is 20.6. The molecule has 0 amide bonds. The first kappa shape index (κ1) is 26.1. The third-order valence-electron chi connectivity index (χ3n) is 5.67. The third-order valence-corrected chi connectivity index (χ3v) is 5.67. The van der Waals surface area contributed by atoms with Crippen LogP contribution in [0.4, 0.5) is 0 Å². The number of nitrogens with zero attached hydrogens (tertiary/aromatic N) is 1. The minimum atomic E-state index is 0.0811. The molecule has 4 nitrogen and oxygen atoms in total. The quantitative estimate of drug-likeness (QED) is 0.242. The Labute approximate surface area is 195 Å². The van der Waals surface area contributed by atoms with Gasteiger partial charge in [-0.25, -0.2) is 0 Å². The van der Waals surface area contributed by atoms with Crippen molar-refractivity contribution in [2.45, 2.75) is 67.0 Å². The van der Waals surface area contributed by atoms with Gasteiger partial charge in [0.1, 0.15) is 6.61 Å². The van der Waals surface area contributed by atoms with E-state index >= 15 is 0 Å². The molecule has 4 atom stereocenters. The van der Waals surface area contributed by atoms with Crippen molar-refractivity contribution >= 4 is 6.21 Å². The molecule has 4 heteroatoms. The van der Waals surface area contributed by atoms with Gasteiger partial charge in [0.2, 0.25) is 0 Å². The second-order valence-electron chi connectivity index (χ2n) is 9.40. The number of oxime groups is 1. The molecule has 0 spiro atoms. The van der Waals surface area contributed by atoms with E-state index in [0.29, 0.717) is 31.7 Å². The summed E-state index contributed by atoms with van der Waals surface area (Å²) in [5.74, 6) is 1.18. The van der Waals surface area contributed by atoms with Gasteiger partial charge >= 0.3 is 0 Å². The molecule has 0 radical (unpaired) electrons. The molecule has 0 N–H and O–H groups in total. The topological polar surface area (TPSA) is 40.0 Å². The van der Waals surface area contributed by atoms with E-state index in [1.54, 1.807) is 0 Å². The van der Waals surface area contributed by atoms with Gasteiger partial charge in [-0.3, -0.25) is 0 Å². The van der Waals surface area contributed by atoms with Crippen LogP contribution < -0.4 is 0 Å². The maximum Gasteiger partial charge on any atom is 0.122 e. The lowest BCUT2D eigenvalue weighted by Crippen LogP contribution is -2.30. The van der Waals surface area contributed by atoms with Gasteiger partial charge in [0.15, 0.2) is 0 Å². The Morgan fingerprint density at radius 3 is 1.62 bits per heavy atom. The molecule has 2 aromatic carbocycles. The van der Waals surface area contributed by atoms with Crippen LogP contribution in [0.2, 0.25) is 0 Å². The zero-order chi connectivity index (χ0) is 23.3. The predicted octanol–water partition coefficient (Wildman–Crippen LogP) is 6.74. The Morgan fingerprint density at radius 2 is 1.16 bits per heavy atom. The van der Waals surface area contributed by atoms with E-state index in [2.05, 4.69) is 71.0 Å². The Balaban J connectivity index is 1.80. The van der Waals surface area contributed by atoms with Crippen LogP contribution in [0.5, 0.6) is 0 Å². The molecule has 0 aliphatic carbocycles. The Hall–Kier alpha value is -2.17. The van der Waals surface area contributed by atoms with Gasteiger partial charge in [-0.1, -0.05) is 107 Å². The van der Waals surface area contributed by atoms with Crippen molar-refractivity contribution in [3.8, 4) is 0 Å². The van der Waals surface area contributed by atoms with E-state index in [-0.39, 0.29) is 24.0 Å². The molecule has 0 saturated heterocycles. The first-order valence-electron chi connectivity index (χ1n) is 11.8. The van der Waals surface area contributed by atoms with E-state index in [9.17, 15) is 0 Å². The summed E-state index contributed by atoms with van der Waals surface area (Å²) >= 11 is 0. The lowest BCUT2D eigenvalue weighted by atomic mass is 9.95. The molecule has 2 rings (SSSR count). The van der Waals surface area contributed by atoms with Crippen LogP contribution in [0.25, 0.3) is 0 Å². The van der Waals surface area contributed by atoms with Crippen LogP contribution in [0.1, 0.15) is 52.7 Å². The molecule has 0 aliphatic rings. The summed E-state index contributed by atoms with van der Waals surface area (Å²) in [4.78, 5) is 5.68. The summed E-state index contributed by atoms with van der Waals surface area (Å²) in [5.41, 5.74) is 2.37. The van der Waals surface area contributed by atoms with Crippen molar-refractivity contribution < 1.29 is 14.3 Å². The third kappa shape index (κ3) is 9.13. The molecular weight excluding hydrogens is 398 g/mol. The Kier molecular flexibility index (Phi) is 11.5. The number of benzene rings is 2. The zero-order valence-corrected chi connectivity index (χ0v) is 20.6. The van der Waals surface area contributed by atoms with Crippen LogP contribution >= 0.6 is 0 Å². The van der Waals surface area contributed by atoms with E-state index in [1.165, 1.54) is 11.1 Å². The molecule has 0 aliphatic heterocycles. The fraction of sp³-hybridized carbons (Fsp3) is 0.536. The maximum absolute atomic E-state index is 6.22. The molecular formula is C28H41NO3. The summed E-state index contributed by atoms with van der Waals surface area (Å²) in [7, 11) is 0. The molecule has 176 valence electrons. The van der Waals surface area contributed by atoms with Crippen LogP contribution in [-0.2, 0) is 27.5 Å². The lowest BCUT2D eigenvalue weighted by Gasteiger charge is -2.27. The van der Waals surface area contributed by atoms with Crippen LogP contribution in [0.3, 0.4) is 0 Å². The van der Waals surface area contributed by atoms with Crippen LogP contribution in [0.15, 0.2) is 65.8 Å². The summed E-state index contributed by atoms with van der Waals surface area (Å²) in [6.07, 6.45) is 2.07. The first-order valence-corrected chi connectivity index (χ1v) is 11.8. The molecule has 0 saturated carbocycles. The number of hydrogen-bond donors (Lipinski definition) is 0. The molecule has 0 aromatic heterocycles. The van der Waals surface area contributed by atoms with Gasteiger partial charge < -0.3 is 14.3 Å². The molecule has 2 aromatic rings. The van der Waals surface area contributed by atoms with Gasteiger partial charge in [0.25, 0.3) is 0 Å². The zero-order valence-electron chi connectivity index (χ0n) is 20.6. The summed E-state index contributed by atoms with van der Waals surface area (Å²) < 4.78 is 12.4. The van der Waals surface area contributed by atoms with Crippen LogP contribution in [-0.4, -0.2) is 25.0 Å². The fourth-order valence-electron chi connectivity index (χ4n) is 3.98. The largest absolute Gasteiger partial charge is 0.396 e. The highest BCUT2D eigenvalue weighted by molar-refractivity contribution is 5.60. The predicted molar refractivity (Wildman–Crippen MR) is 132 cm³/mol. The first-order chi connectivity index (χ1) is 15.4. The second kappa shape index (κ2) is 14.1. The van der Waals surface area contributed by atoms with Crippen molar-refractivity contribution in [1.29, 1.82) is 0 Å². The van der Waals surface area contributed by atoms with Crippen molar-refractivity contribution in [1.82, 2.24) is 0 Å². The number of hydrogen-bond acceptors (Lipinski definition) is 4. The molecule has 0 heterocycles. The van der Waals surface area contributed by atoms with E-state index in [4.69, 9.17) is 14.3 Å². The van der Waals surface area contributed by atoms with Crippen molar-refractivity contribution in [3.05, 3.63) is 71.8 Å². The monoisotopic (exact) mass is 439 g/mol. The number of ether oxygens (including phenoxy) is 2.